The maximum absolute atomic E-state index is 12.9. The van der Waals surface area contributed by atoms with Crippen LogP contribution in [0.5, 0.6) is 0 Å². The third kappa shape index (κ3) is 5.48. The highest BCUT2D eigenvalue weighted by Gasteiger charge is 2.25. The van der Waals surface area contributed by atoms with Crippen molar-refractivity contribution in [2.24, 2.45) is 0 Å². The van der Waals surface area contributed by atoms with Crippen LogP contribution in [0.4, 0.5) is 5.69 Å². The van der Waals surface area contributed by atoms with Gasteiger partial charge in [0.25, 0.3) is 5.91 Å². The van der Waals surface area contributed by atoms with Gasteiger partial charge in [0, 0.05) is 18.8 Å². The summed E-state index contributed by atoms with van der Waals surface area (Å²) in [4.78, 5) is 28.8. The topological polar surface area (TPSA) is 106 Å². The van der Waals surface area contributed by atoms with Crippen molar-refractivity contribution in [2.45, 2.75) is 44.4 Å². The number of ether oxygens (including phenoxy) is 1. The Morgan fingerprint density at radius 3 is 2.26 bits per heavy atom. The summed E-state index contributed by atoms with van der Waals surface area (Å²) in [5.41, 5.74) is 1.30. The summed E-state index contributed by atoms with van der Waals surface area (Å²) >= 11 is 0. The van der Waals surface area contributed by atoms with E-state index < -0.39 is 21.9 Å². The summed E-state index contributed by atoms with van der Waals surface area (Å²) in [7, 11) is -3.54. The van der Waals surface area contributed by atoms with Crippen LogP contribution < -0.4 is 5.32 Å². The van der Waals surface area contributed by atoms with Gasteiger partial charge in [0.1, 0.15) is 5.69 Å². The van der Waals surface area contributed by atoms with Crippen LogP contribution in [-0.4, -0.2) is 49.3 Å². The smallest absolute Gasteiger partial charge is 0.339 e. The Hall–Kier alpha value is -2.78. The molecule has 0 unspecified atom stereocenters. The van der Waals surface area contributed by atoms with Crippen LogP contribution in [0.1, 0.15) is 59.1 Å². The van der Waals surface area contributed by atoms with Gasteiger partial charge in [-0.3, -0.25) is 4.79 Å². The number of carbonyl (C=O) groups is 2. The van der Waals surface area contributed by atoms with Crippen molar-refractivity contribution in [2.75, 3.05) is 25.0 Å². The van der Waals surface area contributed by atoms with Crippen molar-refractivity contribution in [3.63, 3.8) is 0 Å². The fraction of sp³-hybridized carbons (Fsp3) is 0.409. The number of esters is 1. The molecule has 2 aromatic rings. The summed E-state index contributed by atoms with van der Waals surface area (Å²) in [5.74, 6) is -0.942. The standard InChI is InChI=1S/C22H27N3O5S/c1-3-30-22(27)19-12-13-20(23-16(19)2)21(26)24-17-8-10-18(11-9-17)31(28,29)25-14-6-4-5-7-15-25/h8-13H,3-7,14-15H2,1-2H3,(H,24,26). The number of nitrogens with zero attached hydrogens (tertiary/aromatic N) is 2. The molecule has 0 bridgehead atoms. The van der Waals surface area contributed by atoms with Crippen molar-refractivity contribution in [1.29, 1.82) is 0 Å². The van der Waals surface area contributed by atoms with E-state index in [1.807, 2.05) is 0 Å². The lowest BCUT2D eigenvalue weighted by Gasteiger charge is -2.20. The number of hydrogen-bond donors (Lipinski definition) is 1. The zero-order valence-electron chi connectivity index (χ0n) is 17.8. The van der Waals surface area contributed by atoms with E-state index in [1.165, 1.54) is 28.6 Å². The molecule has 9 heteroatoms. The molecule has 1 aliphatic rings. The minimum absolute atomic E-state index is 0.145. The van der Waals surface area contributed by atoms with Crippen LogP contribution in [-0.2, 0) is 14.8 Å². The molecule has 0 aliphatic carbocycles. The maximum atomic E-state index is 12.9. The Balaban J connectivity index is 1.70. The lowest BCUT2D eigenvalue weighted by molar-refractivity contribution is 0.0524. The molecule has 1 aromatic heterocycles. The second kappa shape index (κ2) is 10.0. The number of amides is 1. The highest BCUT2D eigenvalue weighted by atomic mass is 32.2. The fourth-order valence-corrected chi connectivity index (χ4v) is 4.97. The number of rotatable bonds is 6. The first-order chi connectivity index (χ1) is 14.8. The van der Waals surface area contributed by atoms with E-state index >= 15 is 0 Å². The molecule has 0 radical (unpaired) electrons. The van der Waals surface area contributed by atoms with Gasteiger partial charge in [0.15, 0.2) is 0 Å². The number of aromatic nitrogens is 1. The summed E-state index contributed by atoms with van der Waals surface area (Å²) in [6, 6.07) is 9.07. The Morgan fingerprint density at radius 1 is 1.03 bits per heavy atom. The van der Waals surface area contributed by atoms with Crippen LogP contribution in [0, 0.1) is 6.92 Å². The van der Waals surface area contributed by atoms with E-state index in [2.05, 4.69) is 10.3 Å². The van der Waals surface area contributed by atoms with Crippen LogP contribution in [0.15, 0.2) is 41.3 Å². The van der Waals surface area contributed by atoms with Crippen LogP contribution in [0.3, 0.4) is 0 Å². The number of hydrogen-bond acceptors (Lipinski definition) is 6. The Labute approximate surface area is 182 Å². The van der Waals surface area contributed by atoms with Crippen molar-refractivity contribution in [1.82, 2.24) is 9.29 Å². The van der Waals surface area contributed by atoms with Gasteiger partial charge in [0.2, 0.25) is 10.0 Å². The van der Waals surface area contributed by atoms with Gasteiger partial charge in [-0.25, -0.2) is 18.2 Å². The second-order valence-electron chi connectivity index (χ2n) is 7.35. The largest absolute Gasteiger partial charge is 0.462 e. The number of benzene rings is 1. The molecule has 1 amide bonds. The predicted molar refractivity (Wildman–Crippen MR) is 117 cm³/mol. The fourth-order valence-electron chi connectivity index (χ4n) is 3.45. The number of sulfonamides is 1. The Kier molecular flexibility index (Phi) is 7.40. The third-order valence-electron chi connectivity index (χ3n) is 5.13. The molecule has 1 N–H and O–H groups in total. The zero-order valence-corrected chi connectivity index (χ0v) is 18.6. The summed E-state index contributed by atoms with van der Waals surface area (Å²) in [5, 5.41) is 2.70. The molecule has 3 rings (SSSR count). The Bertz CT molecular complexity index is 1040. The summed E-state index contributed by atoms with van der Waals surface area (Å²) in [6.07, 6.45) is 3.83. The normalized spacial score (nSPS) is 15.2. The minimum Gasteiger partial charge on any atom is -0.462 e. The molecule has 2 heterocycles. The van der Waals surface area contributed by atoms with E-state index in [1.54, 1.807) is 26.0 Å². The van der Waals surface area contributed by atoms with E-state index in [9.17, 15) is 18.0 Å². The number of nitrogens with one attached hydrogen (secondary N) is 1. The molecule has 1 saturated heterocycles. The van der Waals surface area contributed by atoms with Crippen LogP contribution >= 0.6 is 0 Å². The van der Waals surface area contributed by atoms with Crippen molar-refractivity contribution in [3.05, 3.63) is 53.3 Å². The van der Waals surface area contributed by atoms with Crippen molar-refractivity contribution >= 4 is 27.6 Å². The molecular formula is C22H27N3O5S. The molecular weight excluding hydrogens is 418 g/mol. The maximum Gasteiger partial charge on any atom is 0.339 e. The van der Waals surface area contributed by atoms with E-state index in [-0.39, 0.29) is 17.2 Å². The van der Waals surface area contributed by atoms with Gasteiger partial charge in [-0.05, 0) is 63.1 Å². The number of aryl methyl sites for hydroxylation is 1. The highest BCUT2D eigenvalue weighted by molar-refractivity contribution is 7.89. The minimum atomic E-state index is -3.54. The van der Waals surface area contributed by atoms with Crippen LogP contribution in [0.2, 0.25) is 0 Å². The van der Waals surface area contributed by atoms with Crippen molar-refractivity contribution < 1.29 is 22.7 Å². The first-order valence-corrected chi connectivity index (χ1v) is 11.8. The average Bonchev–Trinajstić information content (AvgIpc) is 3.04. The lowest BCUT2D eigenvalue weighted by Crippen LogP contribution is -2.31. The molecule has 166 valence electrons. The Morgan fingerprint density at radius 2 is 1.68 bits per heavy atom. The molecule has 1 aromatic carbocycles. The number of carbonyl (C=O) groups excluding carboxylic acids is 2. The predicted octanol–water partition coefficient (Wildman–Crippen LogP) is 3.38. The monoisotopic (exact) mass is 445 g/mol. The van der Waals surface area contributed by atoms with Gasteiger partial charge in [0.05, 0.1) is 22.8 Å². The first-order valence-electron chi connectivity index (χ1n) is 10.4. The molecule has 1 fully saturated rings. The zero-order chi connectivity index (χ0) is 22.4. The van der Waals surface area contributed by atoms with Gasteiger partial charge in [-0.2, -0.15) is 4.31 Å². The number of pyridine rings is 1. The van der Waals surface area contributed by atoms with E-state index in [0.29, 0.717) is 30.0 Å². The SMILES string of the molecule is CCOC(=O)c1ccc(C(=O)Nc2ccc(S(=O)(=O)N3CCCCCC3)cc2)nc1C. The first kappa shape index (κ1) is 22.9. The lowest BCUT2D eigenvalue weighted by atomic mass is 10.2. The summed E-state index contributed by atoms with van der Waals surface area (Å²) in [6.45, 7) is 4.67. The van der Waals surface area contributed by atoms with E-state index in [4.69, 9.17) is 4.74 Å². The van der Waals surface area contributed by atoms with Gasteiger partial charge in [-0.15, -0.1) is 0 Å². The van der Waals surface area contributed by atoms with E-state index in [0.717, 1.165) is 25.7 Å². The quantitative estimate of drug-likeness (QED) is 0.684. The molecule has 0 spiro atoms. The molecule has 0 atom stereocenters. The molecule has 8 nitrogen and oxygen atoms in total. The van der Waals surface area contributed by atoms with Crippen molar-refractivity contribution in [3.8, 4) is 0 Å². The highest BCUT2D eigenvalue weighted by Crippen LogP contribution is 2.22. The second-order valence-corrected chi connectivity index (χ2v) is 9.28. The van der Waals surface area contributed by atoms with Gasteiger partial charge < -0.3 is 10.1 Å². The average molecular weight is 446 g/mol. The molecule has 1 aliphatic heterocycles. The third-order valence-corrected chi connectivity index (χ3v) is 7.04. The van der Waals surface area contributed by atoms with Gasteiger partial charge >= 0.3 is 5.97 Å². The van der Waals surface area contributed by atoms with Gasteiger partial charge in [-0.1, -0.05) is 12.8 Å². The van der Waals surface area contributed by atoms with Crippen LogP contribution in [0.25, 0.3) is 0 Å². The molecule has 31 heavy (non-hydrogen) atoms. The number of anilines is 1. The summed E-state index contributed by atoms with van der Waals surface area (Å²) < 4.78 is 32.2. The molecule has 0 saturated carbocycles.